The van der Waals surface area contributed by atoms with E-state index in [1.54, 1.807) is 12.1 Å². The van der Waals surface area contributed by atoms with Gasteiger partial charge < -0.3 is 10.0 Å². The topological polar surface area (TPSA) is 40.5 Å². The monoisotopic (exact) mass is 219 g/mol. The van der Waals surface area contributed by atoms with Crippen LogP contribution in [0.3, 0.4) is 0 Å². The van der Waals surface area contributed by atoms with Crippen molar-refractivity contribution in [3.05, 3.63) is 42.0 Å². The number of rotatable bonds is 6. The molecule has 0 radical (unpaired) electrons. The van der Waals surface area contributed by atoms with Crippen LogP contribution in [0.4, 0.5) is 5.69 Å². The van der Waals surface area contributed by atoms with Crippen LogP contribution in [0.15, 0.2) is 30.9 Å². The van der Waals surface area contributed by atoms with Crippen molar-refractivity contribution in [3.63, 3.8) is 0 Å². The maximum atomic E-state index is 10.6. The number of aldehydes is 1. The minimum Gasteiger partial charge on any atom is -0.395 e. The molecule has 1 aromatic rings. The van der Waals surface area contributed by atoms with Gasteiger partial charge in [-0.3, -0.25) is 4.79 Å². The molecule has 86 valence electrons. The number of aryl methyl sites for hydroxylation is 1. The number of benzene rings is 1. The second kappa shape index (κ2) is 6.08. The van der Waals surface area contributed by atoms with Gasteiger partial charge in [-0.25, -0.2) is 0 Å². The lowest BCUT2D eigenvalue weighted by molar-refractivity contribution is 0.112. The second-order valence-corrected chi connectivity index (χ2v) is 3.62. The van der Waals surface area contributed by atoms with Gasteiger partial charge in [0.05, 0.1) is 6.61 Å². The first-order valence-corrected chi connectivity index (χ1v) is 5.25. The summed E-state index contributed by atoms with van der Waals surface area (Å²) in [5.41, 5.74) is 2.73. The molecule has 0 aliphatic rings. The fourth-order valence-electron chi connectivity index (χ4n) is 1.69. The van der Waals surface area contributed by atoms with Crippen molar-refractivity contribution in [3.8, 4) is 0 Å². The van der Waals surface area contributed by atoms with Crippen LogP contribution >= 0.6 is 0 Å². The average Bonchev–Trinajstić information content (AvgIpc) is 2.29. The van der Waals surface area contributed by atoms with Crippen LogP contribution in [0.25, 0.3) is 0 Å². The first kappa shape index (κ1) is 12.5. The molecule has 0 aliphatic heterocycles. The van der Waals surface area contributed by atoms with Gasteiger partial charge in [0.2, 0.25) is 0 Å². The van der Waals surface area contributed by atoms with Crippen molar-refractivity contribution in [1.29, 1.82) is 0 Å². The van der Waals surface area contributed by atoms with E-state index in [0.29, 0.717) is 18.7 Å². The van der Waals surface area contributed by atoms with E-state index in [4.69, 9.17) is 5.11 Å². The van der Waals surface area contributed by atoms with Crippen LogP contribution in [-0.4, -0.2) is 31.1 Å². The first-order chi connectivity index (χ1) is 7.72. The van der Waals surface area contributed by atoms with Crippen LogP contribution in [0.5, 0.6) is 0 Å². The molecule has 0 heterocycles. The van der Waals surface area contributed by atoms with E-state index in [2.05, 4.69) is 6.58 Å². The number of nitrogens with zero attached hydrogens (tertiary/aromatic N) is 1. The third-order valence-corrected chi connectivity index (χ3v) is 2.42. The highest BCUT2D eigenvalue weighted by Gasteiger charge is 2.07. The van der Waals surface area contributed by atoms with Crippen molar-refractivity contribution in [2.45, 2.75) is 6.92 Å². The molecular weight excluding hydrogens is 202 g/mol. The predicted molar refractivity (Wildman–Crippen MR) is 66.1 cm³/mol. The molecule has 0 saturated heterocycles. The summed E-state index contributed by atoms with van der Waals surface area (Å²) in [5, 5.41) is 8.98. The van der Waals surface area contributed by atoms with E-state index in [9.17, 15) is 4.79 Å². The Labute approximate surface area is 96.0 Å². The van der Waals surface area contributed by atoms with Gasteiger partial charge in [-0.15, -0.1) is 6.58 Å². The highest BCUT2D eigenvalue weighted by atomic mass is 16.3. The first-order valence-electron chi connectivity index (χ1n) is 5.25. The largest absolute Gasteiger partial charge is 0.395 e. The molecule has 1 N–H and O–H groups in total. The molecule has 16 heavy (non-hydrogen) atoms. The van der Waals surface area contributed by atoms with E-state index < -0.39 is 0 Å². The Bertz CT molecular complexity index is 374. The van der Waals surface area contributed by atoms with Gasteiger partial charge in [0, 0.05) is 24.3 Å². The van der Waals surface area contributed by atoms with Gasteiger partial charge in [0.1, 0.15) is 6.29 Å². The average molecular weight is 219 g/mol. The summed E-state index contributed by atoms with van der Waals surface area (Å²) in [7, 11) is 0. The van der Waals surface area contributed by atoms with Crippen LogP contribution < -0.4 is 4.90 Å². The summed E-state index contributed by atoms with van der Waals surface area (Å²) >= 11 is 0. The Balaban J connectivity index is 2.99. The van der Waals surface area contributed by atoms with Gasteiger partial charge >= 0.3 is 0 Å². The standard InChI is InChI=1S/C13H17NO2/c1-3-6-14(7-8-15)13-5-4-12(10-16)9-11(13)2/h3-5,9-10,15H,1,6-8H2,2H3. The van der Waals surface area contributed by atoms with Crippen LogP contribution in [0.2, 0.25) is 0 Å². The highest BCUT2D eigenvalue weighted by Crippen LogP contribution is 2.20. The molecule has 0 aliphatic carbocycles. The molecule has 0 amide bonds. The van der Waals surface area contributed by atoms with E-state index in [1.165, 1.54) is 0 Å². The Hall–Kier alpha value is -1.61. The number of carbonyl (C=O) groups is 1. The maximum Gasteiger partial charge on any atom is 0.150 e. The van der Waals surface area contributed by atoms with Crippen LogP contribution in [-0.2, 0) is 0 Å². The summed E-state index contributed by atoms with van der Waals surface area (Å²) in [6.07, 6.45) is 2.63. The van der Waals surface area contributed by atoms with E-state index in [-0.39, 0.29) is 6.61 Å². The number of hydrogen-bond donors (Lipinski definition) is 1. The summed E-state index contributed by atoms with van der Waals surface area (Å²) in [6, 6.07) is 5.52. The number of aliphatic hydroxyl groups is 1. The summed E-state index contributed by atoms with van der Waals surface area (Å²) in [4.78, 5) is 12.6. The zero-order valence-corrected chi connectivity index (χ0v) is 9.52. The fraction of sp³-hybridized carbons (Fsp3) is 0.308. The Morgan fingerprint density at radius 3 is 2.75 bits per heavy atom. The van der Waals surface area contributed by atoms with Gasteiger partial charge in [-0.1, -0.05) is 6.08 Å². The Kier molecular flexibility index (Phi) is 4.73. The molecule has 1 rings (SSSR count). The molecule has 3 heteroatoms. The molecule has 0 aromatic heterocycles. The number of anilines is 1. The Morgan fingerprint density at radius 1 is 1.50 bits per heavy atom. The SMILES string of the molecule is C=CCN(CCO)c1ccc(C=O)cc1C. The lowest BCUT2D eigenvalue weighted by Gasteiger charge is -2.24. The van der Waals surface area contributed by atoms with E-state index >= 15 is 0 Å². The van der Waals surface area contributed by atoms with Crippen LogP contribution in [0.1, 0.15) is 15.9 Å². The third kappa shape index (κ3) is 2.94. The summed E-state index contributed by atoms with van der Waals surface area (Å²) in [6.45, 7) is 6.99. The van der Waals surface area contributed by atoms with Crippen molar-refractivity contribution >= 4 is 12.0 Å². The zero-order valence-electron chi connectivity index (χ0n) is 9.52. The van der Waals surface area contributed by atoms with Crippen molar-refractivity contribution < 1.29 is 9.90 Å². The summed E-state index contributed by atoms with van der Waals surface area (Å²) in [5.74, 6) is 0. The predicted octanol–water partition coefficient (Wildman–Crippen LogP) is 1.79. The van der Waals surface area contributed by atoms with E-state index in [1.807, 2.05) is 24.0 Å². The lowest BCUT2D eigenvalue weighted by atomic mass is 10.1. The van der Waals surface area contributed by atoms with Crippen molar-refractivity contribution in [1.82, 2.24) is 0 Å². The maximum absolute atomic E-state index is 10.6. The molecule has 0 fully saturated rings. The van der Waals surface area contributed by atoms with Crippen molar-refractivity contribution in [2.75, 3.05) is 24.6 Å². The number of aliphatic hydroxyl groups excluding tert-OH is 1. The van der Waals surface area contributed by atoms with Gasteiger partial charge in [0.25, 0.3) is 0 Å². The molecule has 3 nitrogen and oxygen atoms in total. The Morgan fingerprint density at radius 2 is 2.25 bits per heavy atom. The zero-order chi connectivity index (χ0) is 12.0. The van der Waals surface area contributed by atoms with Gasteiger partial charge in [-0.05, 0) is 30.7 Å². The minimum absolute atomic E-state index is 0.0999. The van der Waals surface area contributed by atoms with Crippen molar-refractivity contribution in [2.24, 2.45) is 0 Å². The number of hydrogen-bond acceptors (Lipinski definition) is 3. The molecule has 0 unspecified atom stereocenters. The second-order valence-electron chi connectivity index (χ2n) is 3.62. The lowest BCUT2D eigenvalue weighted by Crippen LogP contribution is -2.27. The molecule has 1 aromatic carbocycles. The molecule has 0 spiro atoms. The minimum atomic E-state index is 0.0999. The van der Waals surface area contributed by atoms with Gasteiger partial charge in [0.15, 0.2) is 0 Å². The van der Waals surface area contributed by atoms with E-state index in [0.717, 1.165) is 17.5 Å². The quantitative estimate of drug-likeness (QED) is 0.586. The normalized spacial score (nSPS) is 9.88. The number of carbonyl (C=O) groups excluding carboxylic acids is 1. The highest BCUT2D eigenvalue weighted by molar-refractivity contribution is 5.77. The molecule has 0 saturated carbocycles. The molecule has 0 atom stereocenters. The van der Waals surface area contributed by atoms with Gasteiger partial charge in [-0.2, -0.15) is 0 Å². The summed E-state index contributed by atoms with van der Waals surface area (Å²) < 4.78 is 0. The molecule has 0 bridgehead atoms. The molecular formula is C13H17NO2. The smallest absolute Gasteiger partial charge is 0.150 e. The fourth-order valence-corrected chi connectivity index (χ4v) is 1.69. The van der Waals surface area contributed by atoms with Crippen LogP contribution in [0, 0.1) is 6.92 Å². The third-order valence-electron chi connectivity index (χ3n) is 2.42.